The van der Waals surface area contributed by atoms with Crippen LogP contribution < -0.4 is 4.72 Å². The van der Waals surface area contributed by atoms with Crippen LogP contribution in [0.25, 0.3) is 0 Å². The van der Waals surface area contributed by atoms with Crippen molar-refractivity contribution in [2.45, 2.75) is 0 Å². The lowest BCUT2D eigenvalue weighted by atomic mass is 10.6. The van der Waals surface area contributed by atoms with Gasteiger partial charge < -0.3 is 0 Å². The molecule has 11 heavy (non-hydrogen) atoms. The maximum Gasteiger partial charge on any atom is 0.233 e. The number of aromatic amines is 1. The van der Waals surface area contributed by atoms with Gasteiger partial charge in [0.2, 0.25) is 16.0 Å². The normalized spacial score (nSPS) is 11.5. The van der Waals surface area contributed by atoms with Crippen LogP contribution in [0.5, 0.6) is 0 Å². The van der Waals surface area contributed by atoms with Crippen LogP contribution in [0, 0.1) is 5.95 Å². The topological polar surface area (TPSA) is 74.8 Å². The Morgan fingerprint density at radius 2 is 2.36 bits per heavy atom. The fourth-order valence-electron chi connectivity index (χ4n) is 0.541. The smallest absolute Gasteiger partial charge is 0.233 e. The molecule has 1 rings (SSSR count). The first kappa shape index (κ1) is 7.99. The van der Waals surface area contributed by atoms with Crippen molar-refractivity contribution in [3.63, 3.8) is 0 Å². The monoisotopic (exact) mass is 179 g/mol. The van der Waals surface area contributed by atoms with Crippen LogP contribution in [0.3, 0.4) is 0 Å². The Hall–Kier alpha value is -1.11. The summed E-state index contributed by atoms with van der Waals surface area (Å²) >= 11 is 0. The molecule has 5 nitrogen and oxygen atoms in total. The summed E-state index contributed by atoms with van der Waals surface area (Å²) in [4.78, 5) is 0. The first-order valence-electron chi connectivity index (χ1n) is 2.66. The molecule has 0 radical (unpaired) electrons. The van der Waals surface area contributed by atoms with E-state index in [1.807, 2.05) is 9.82 Å². The maximum atomic E-state index is 12.4. The predicted octanol–water partition coefficient (Wildman–Crippen LogP) is -0.0797. The number of aromatic nitrogens is 2. The number of hydrogen-bond acceptors (Lipinski definition) is 3. The molecular formula is C4H6FN3O2S. The third-order valence-corrected chi connectivity index (χ3v) is 1.48. The van der Waals surface area contributed by atoms with Crippen molar-refractivity contribution in [2.24, 2.45) is 0 Å². The average Bonchev–Trinajstić information content (AvgIpc) is 2.12. The number of anilines is 1. The molecule has 0 aliphatic rings. The number of rotatable bonds is 2. The molecule has 1 heterocycles. The number of H-pyrrole nitrogens is 1. The minimum absolute atomic E-state index is 0.174. The molecule has 0 atom stereocenters. The van der Waals surface area contributed by atoms with E-state index >= 15 is 0 Å². The van der Waals surface area contributed by atoms with Crippen LogP contribution in [0.1, 0.15) is 0 Å². The van der Waals surface area contributed by atoms with Gasteiger partial charge in [-0.05, 0) is 0 Å². The van der Waals surface area contributed by atoms with Gasteiger partial charge in [0.1, 0.15) is 5.69 Å². The van der Waals surface area contributed by atoms with Crippen LogP contribution in [0.15, 0.2) is 6.20 Å². The molecule has 1 aromatic heterocycles. The van der Waals surface area contributed by atoms with Gasteiger partial charge in [-0.2, -0.15) is 9.49 Å². The summed E-state index contributed by atoms with van der Waals surface area (Å²) < 4.78 is 35.4. The Morgan fingerprint density at radius 1 is 1.73 bits per heavy atom. The third kappa shape index (κ3) is 2.19. The zero-order chi connectivity index (χ0) is 8.48. The first-order valence-corrected chi connectivity index (χ1v) is 4.55. The molecule has 0 bridgehead atoms. The molecule has 1 aromatic rings. The van der Waals surface area contributed by atoms with Crippen molar-refractivity contribution in [1.29, 1.82) is 0 Å². The SMILES string of the molecule is CS(=O)(=O)Nc1cn[nH]c1F. The molecule has 0 saturated carbocycles. The van der Waals surface area contributed by atoms with E-state index in [0.717, 1.165) is 12.5 Å². The third-order valence-electron chi connectivity index (χ3n) is 0.888. The van der Waals surface area contributed by atoms with Crippen molar-refractivity contribution in [3.8, 4) is 0 Å². The first-order chi connectivity index (χ1) is 4.99. The highest BCUT2D eigenvalue weighted by Gasteiger charge is 2.07. The summed E-state index contributed by atoms with van der Waals surface area (Å²) in [5.41, 5.74) is -0.174. The van der Waals surface area contributed by atoms with Gasteiger partial charge in [-0.1, -0.05) is 0 Å². The van der Waals surface area contributed by atoms with Gasteiger partial charge in [-0.25, -0.2) is 8.42 Å². The van der Waals surface area contributed by atoms with Gasteiger partial charge in [0.25, 0.3) is 0 Å². The molecule has 2 N–H and O–H groups in total. The van der Waals surface area contributed by atoms with Crippen molar-refractivity contribution in [2.75, 3.05) is 11.0 Å². The van der Waals surface area contributed by atoms with Crippen molar-refractivity contribution in [3.05, 3.63) is 12.1 Å². The van der Waals surface area contributed by atoms with E-state index in [1.54, 1.807) is 0 Å². The molecule has 0 amide bonds. The van der Waals surface area contributed by atoms with Gasteiger partial charge in [0, 0.05) is 0 Å². The Bertz CT molecular complexity index is 344. The summed E-state index contributed by atoms with van der Waals surface area (Å²) in [7, 11) is -3.42. The van der Waals surface area contributed by atoms with Gasteiger partial charge in [0.05, 0.1) is 12.5 Å². The van der Waals surface area contributed by atoms with Crippen molar-refractivity contribution >= 4 is 15.7 Å². The molecule has 7 heteroatoms. The Labute approximate surface area is 62.7 Å². The Kier molecular flexibility index (Phi) is 1.81. The molecule has 62 valence electrons. The minimum Gasteiger partial charge on any atom is -0.278 e. The zero-order valence-corrected chi connectivity index (χ0v) is 6.44. The lowest BCUT2D eigenvalue weighted by molar-refractivity contribution is 0.580. The predicted molar refractivity (Wildman–Crippen MR) is 37.0 cm³/mol. The summed E-state index contributed by atoms with van der Waals surface area (Å²) in [6.07, 6.45) is 1.98. The highest BCUT2D eigenvalue weighted by Crippen LogP contribution is 2.09. The van der Waals surface area contributed by atoms with Crippen molar-refractivity contribution in [1.82, 2.24) is 10.2 Å². The fraction of sp³-hybridized carbons (Fsp3) is 0.250. The maximum absolute atomic E-state index is 12.4. The van der Waals surface area contributed by atoms with E-state index in [2.05, 4.69) is 5.10 Å². The summed E-state index contributed by atoms with van der Waals surface area (Å²) in [6, 6.07) is 0. The quantitative estimate of drug-likeness (QED) is 0.666. The summed E-state index contributed by atoms with van der Waals surface area (Å²) in [6.45, 7) is 0. The lowest BCUT2D eigenvalue weighted by Gasteiger charge is -1.97. The van der Waals surface area contributed by atoms with Crippen LogP contribution in [-0.4, -0.2) is 24.9 Å². The van der Waals surface area contributed by atoms with Gasteiger partial charge in [-0.3, -0.25) is 9.82 Å². The summed E-state index contributed by atoms with van der Waals surface area (Å²) in [5.74, 6) is -0.796. The standard InChI is InChI=1S/C4H6FN3O2S/c1-11(9,10)8-3-2-6-7-4(3)5/h2,8H,1H3,(H,6,7). The molecular weight excluding hydrogens is 173 g/mol. The largest absolute Gasteiger partial charge is 0.278 e. The molecule has 0 aliphatic carbocycles. The number of nitrogens with zero attached hydrogens (tertiary/aromatic N) is 1. The average molecular weight is 179 g/mol. The lowest BCUT2D eigenvalue weighted by Crippen LogP contribution is -2.09. The van der Waals surface area contributed by atoms with Gasteiger partial charge in [0.15, 0.2) is 0 Å². The fourth-order valence-corrected chi connectivity index (χ4v) is 1.08. The molecule has 0 fully saturated rings. The molecule has 0 aliphatic heterocycles. The van der Waals surface area contributed by atoms with Crippen LogP contribution >= 0.6 is 0 Å². The van der Waals surface area contributed by atoms with Gasteiger partial charge >= 0.3 is 0 Å². The summed E-state index contributed by atoms with van der Waals surface area (Å²) in [5, 5.41) is 5.23. The highest BCUT2D eigenvalue weighted by atomic mass is 32.2. The number of sulfonamides is 1. The van der Waals surface area contributed by atoms with Gasteiger partial charge in [-0.15, -0.1) is 0 Å². The molecule has 0 aromatic carbocycles. The van der Waals surface area contributed by atoms with E-state index in [9.17, 15) is 12.8 Å². The van der Waals surface area contributed by atoms with Crippen LogP contribution in [0.4, 0.5) is 10.1 Å². The Balaban J connectivity index is 2.89. The minimum atomic E-state index is -3.42. The van der Waals surface area contributed by atoms with Crippen LogP contribution in [0.2, 0.25) is 0 Å². The van der Waals surface area contributed by atoms with E-state index < -0.39 is 16.0 Å². The molecule has 0 unspecified atom stereocenters. The Morgan fingerprint density at radius 3 is 2.73 bits per heavy atom. The number of hydrogen-bond donors (Lipinski definition) is 2. The second-order valence-corrected chi connectivity index (χ2v) is 3.72. The van der Waals surface area contributed by atoms with E-state index in [-0.39, 0.29) is 5.69 Å². The molecule has 0 saturated heterocycles. The molecule has 0 spiro atoms. The zero-order valence-electron chi connectivity index (χ0n) is 5.63. The van der Waals surface area contributed by atoms with Crippen molar-refractivity contribution < 1.29 is 12.8 Å². The van der Waals surface area contributed by atoms with Crippen LogP contribution in [-0.2, 0) is 10.0 Å². The van der Waals surface area contributed by atoms with E-state index in [4.69, 9.17) is 0 Å². The number of halogens is 1. The number of nitrogens with one attached hydrogen (secondary N) is 2. The highest BCUT2D eigenvalue weighted by molar-refractivity contribution is 7.92. The second-order valence-electron chi connectivity index (χ2n) is 1.97. The second kappa shape index (κ2) is 2.50. The van der Waals surface area contributed by atoms with E-state index in [0.29, 0.717) is 0 Å². The van der Waals surface area contributed by atoms with E-state index in [1.165, 1.54) is 0 Å².